The highest BCUT2D eigenvalue weighted by Crippen LogP contribution is 2.58. The van der Waals surface area contributed by atoms with E-state index < -0.39 is 28.7 Å². The molecule has 262 valence electrons. The molecule has 10 rings (SSSR count). The third-order valence-electron chi connectivity index (χ3n) is 10.8. The number of aromatic nitrogens is 1. The molecule has 0 bridgehead atoms. The summed E-state index contributed by atoms with van der Waals surface area (Å²) >= 11 is 0. The summed E-state index contributed by atoms with van der Waals surface area (Å²) in [6.07, 6.45) is 1.89. The Bertz CT molecular complexity index is 3130. The van der Waals surface area contributed by atoms with E-state index in [1.165, 1.54) is 32.3 Å². The van der Waals surface area contributed by atoms with Crippen LogP contribution in [0.15, 0.2) is 158 Å². The minimum Gasteiger partial charge on any atom is -0.504 e. The van der Waals surface area contributed by atoms with Crippen LogP contribution < -0.4 is 0 Å². The van der Waals surface area contributed by atoms with Gasteiger partial charge < -0.3 is 25.5 Å². The number of rotatable bonds is 4. The first-order valence-corrected chi connectivity index (χ1v) is 17.9. The van der Waals surface area contributed by atoms with E-state index >= 15 is 0 Å². The zero-order valence-corrected chi connectivity index (χ0v) is 29.2. The second kappa shape index (κ2) is 12.3. The highest BCUT2D eigenvalue weighted by Gasteiger charge is 2.28. The highest BCUT2D eigenvalue weighted by molar-refractivity contribution is 6.26. The van der Waals surface area contributed by atoms with Gasteiger partial charge in [0.25, 0.3) is 0 Å². The largest absolute Gasteiger partial charge is 0.504 e. The third-order valence-corrected chi connectivity index (χ3v) is 10.8. The van der Waals surface area contributed by atoms with Gasteiger partial charge in [0.1, 0.15) is 0 Å². The van der Waals surface area contributed by atoms with Gasteiger partial charge >= 0.3 is 0 Å². The molecule has 0 aliphatic heterocycles. The van der Waals surface area contributed by atoms with Gasteiger partial charge in [0.2, 0.25) is 17.2 Å². The van der Waals surface area contributed by atoms with Gasteiger partial charge in [-0.15, -0.1) is 0 Å². The van der Waals surface area contributed by atoms with Crippen molar-refractivity contribution < 1.29 is 25.5 Å². The molecule has 0 saturated carbocycles. The lowest BCUT2D eigenvalue weighted by atomic mass is 9.85. The van der Waals surface area contributed by atoms with E-state index in [2.05, 4.69) is 72.8 Å². The molecule has 6 nitrogen and oxygen atoms in total. The standard InChI is InChI=1S/C49H31NO5/c51-45-44(46(52)48(54)49(55)47(45)53)43-37-17-9-8-16-36(37)42(38-22-19-28(25-40(38)43)27-10-2-1-3-11-27)41-23-20-30(26-50-41)29-18-21-35-33-14-5-4-12-31(33)32-13-6-7-15-34(32)39(35)24-29/h1-26,51-55H. The van der Waals surface area contributed by atoms with Crippen LogP contribution in [0.1, 0.15) is 0 Å². The van der Waals surface area contributed by atoms with Crippen molar-refractivity contribution in [3.63, 3.8) is 0 Å². The Morgan fingerprint density at radius 2 is 0.691 bits per heavy atom. The molecule has 9 aromatic carbocycles. The molecule has 0 amide bonds. The zero-order valence-electron chi connectivity index (χ0n) is 29.2. The van der Waals surface area contributed by atoms with Crippen molar-refractivity contribution in [2.75, 3.05) is 0 Å². The molecule has 55 heavy (non-hydrogen) atoms. The fraction of sp³-hybridized carbons (Fsp3) is 0. The number of hydrogen-bond donors (Lipinski definition) is 5. The topological polar surface area (TPSA) is 114 Å². The Balaban J connectivity index is 1.20. The maximum Gasteiger partial charge on any atom is 0.208 e. The zero-order chi connectivity index (χ0) is 37.4. The quantitative estimate of drug-likeness (QED) is 0.0537. The number of hydrogen-bond acceptors (Lipinski definition) is 6. The summed E-state index contributed by atoms with van der Waals surface area (Å²) in [4.78, 5) is 5.06. The molecular formula is C49H31NO5. The number of phenols is 5. The lowest BCUT2D eigenvalue weighted by Crippen LogP contribution is -1.94. The van der Waals surface area contributed by atoms with Gasteiger partial charge in [0, 0.05) is 22.9 Å². The van der Waals surface area contributed by atoms with Crippen molar-refractivity contribution in [2.45, 2.75) is 0 Å². The van der Waals surface area contributed by atoms with Crippen LogP contribution in [0.25, 0.3) is 98.5 Å². The Kier molecular flexibility index (Phi) is 7.15. The average molecular weight is 714 g/mol. The van der Waals surface area contributed by atoms with E-state index in [1.54, 1.807) is 0 Å². The minimum atomic E-state index is -1.01. The van der Waals surface area contributed by atoms with Gasteiger partial charge in [-0.1, -0.05) is 133 Å². The molecule has 0 saturated heterocycles. The second-order valence-electron chi connectivity index (χ2n) is 13.8. The SMILES string of the molecule is Oc1c(O)c(O)c(-c2c3ccccc3c(-c3ccc(-c4ccc5c6ccccc6c6ccccc6c5c4)cn3)c3ccc(-c4ccccc4)cc23)c(O)c1O. The van der Waals surface area contributed by atoms with Crippen LogP contribution in [0.5, 0.6) is 28.7 Å². The molecule has 0 atom stereocenters. The van der Waals surface area contributed by atoms with E-state index in [1.807, 2.05) is 85.1 Å². The summed E-state index contributed by atoms with van der Waals surface area (Å²) in [6.45, 7) is 0. The molecule has 6 heteroatoms. The van der Waals surface area contributed by atoms with Gasteiger partial charge in [0.15, 0.2) is 11.5 Å². The molecule has 1 heterocycles. The molecule has 0 aliphatic rings. The first-order chi connectivity index (χ1) is 26.9. The van der Waals surface area contributed by atoms with Crippen LogP contribution in [0, 0.1) is 0 Å². The van der Waals surface area contributed by atoms with Crippen LogP contribution in [-0.2, 0) is 0 Å². The van der Waals surface area contributed by atoms with Crippen molar-refractivity contribution in [2.24, 2.45) is 0 Å². The molecule has 5 N–H and O–H groups in total. The summed E-state index contributed by atoms with van der Waals surface area (Å²) in [7, 11) is 0. The molecule has 0 unspecified atom stereocenters. The van der Waals surface area contributed by atoms with Gasteiger partial charge in [-0.25, -0.2) is 0 Å². The van der Waals surface area contributed by atoms with Crippen LogP contribution >= 0.6 is 0 Å². The summed E-state index contributed by atoms with van der Waals surface area (Å²) in [5.74, 6) is -4.38. The maximum atomic E-state index is 11.3. The molecular weight excluding hydrogens is 683 g/mol. The van der Waals surface area contributed by atoms with Crippen LogP contribution in [0.3, 0.4) is 0 Å². The van der Waals surface area contributed by atoms with E-state index in [0.29, 0.717) is 22.0 Å². The van der Waals surface area contributed by atoms with E-state index in [4.69, 9.17) is 4.98 Å². The molecule has 0 radical (unpaired) electrons. The lowest BCUT2D eigenvalue weighted by Gasteiger charge is -2.20. The maximum absolute atomic E-state index is 11.3. The number of aromatic hydroxyl groups is 5. The van der Waals surface area contributed by atoms with Crippen molar-refractivity contribution in [3.05, 3.63) is 158 Å². The van der Waals surface area contributed by atoms with Gasteiger partial charge in [-0.3, -0.25) is 4.98 Å². The number of benzene rings is 9. The number of nitrogens with zero attached hydrogens (tertiary/aromatic N) is 1. The molecule has 1 aromatic heterocycles. The monoisotopic (exact) mass is 713 g/mol. The van der Waals surface area contributed by atoms with Crippen molar-refractivity contribution in [3.8, 4) is 73.4 Å². The lowest BCUT2D eigenvalue weighted by molar-refractivity contribution is 0.330. The normalized spacial score (nSPS) is 11.6. The van der Waals surface area contributed by atoms with Crippen molar-refractivity contribution in [1.82, 2.24) is 4.98 Å². The van der Waals surface area contributed by atoms with E-state index in [-0.39, 0.29) is 5.56 Å². The predicted molar refractivity (Wildman–Crippen MR) is 222 cm³/mol. The fourth-order valence-corrected chi connectivity index (χ4v) is 8.26. The van der Waals surface area contributed by atoms with Gasteiger partial charge in [-0.2, -0.15) is 0 Å². The molecule has 0 spiro atoms. The first kappa shape index (κ1) is 32.1. The van der Waals surface area contributed by atoms with E-state index in [0.717, 1.165) is 38.6 Å². The summed E-state index contributed by atoms with van der Waals surface area (Å²) in [6, 6.07) is 51.1. The Labute approximate surface area is 314 Å². The highest BCUT2D eigenvalue weighted by atomic mass is 16.4. The van der Waals surface area contributed by atoms with Crippen LogP contribution in [0.4, 0.5) is 0 Å². The minimum absolute atomic E-state index is 0.203. The molecule has 10 aromatic rings. The molecule has 0 fully saturated rings. The Hall–Kier alpha value is -7.57. The first-order valence-electron chi connectivity index (χ1n) is 17.9. The van der Waals surface area contributed by atoms with Crippen LogP contribution in [0.2, 0.25) is 0 Å². The van der Waals surface area contributed by atoms with Crippen LogP contribution in [-0.4, -0.2) is 30.5 Å². The summed E-state index contributed by atoms with van der Waals surface area (Å²) in [5.41, 5.74) is 5.56. The molecule has 0 aliphatic carbocycles. The van der Waals surface area contributed by atoms with Gasteiger partial charge in [-0.05, 0) is 88.8 Å². The third kappa shape index (κ3) is 4.85. The Morgan fingerprint density at radius 1 is 0.273 bits per heavy atom. The number of fused-ring (bicyclic) bond motifs is 8. The predicted octanol–water partition coefficient (Wildman–Crippen LogP) is 12.0. The fourth-order valence-electron chi connectivity index (χ4n) is 8.26. The second-order valence-corrected chi connectivity index (χ2v) is 13.8. The van der Waals surface area contributed by atoms with Crippen molar-refractivity contribution in [1.29, 1.82) is 0 Å². The Morgan fingerprint density at radius 3 is 1.27 bits per heavy atom. The number of pyridine rings is 1. The summed E-state index contributed by atoms with van der Waals surface area (Å²) in [5, 5.41) is 64.1. The van der Waals surface area contributed by atoms with E-state index in [9.17, 15) is 25.5 Å². The average Bonchev–Trinajstić information content (AvgIpc) is 3.25. The smallest absolute Gasteiger partial charge is 0.208 e. The van der Waals surface area contributed by atoms with Gasteiger partial charge in [0.05, 0.1) is 11.3 Å². The van der Waals surface area contributed by atoms with Crippen molar-refractivity contribution >= 4 is 53.9 Å². The summed E-state index contributed by atoms with van der Waals surface area (Å²) < 4.78 is 0. The number of phenolic OH excluding ortho intramolecular Hbond substituents is 5.